The van der Waals surface area contributed by atoms with Crippen LogP contribution < -0.4 is 0 Å². The number of piperidine rings is 1. The maximum Gasteiger partial charge on any atom is 0.239 e. The number of aliphatic hydroxyl groups excluding tert-OH is 1. The van der Waals surface area contributed by atoms with E-state index in [-0.39, 0.29) is 18.1 Å². The Kier molecular flexibility index (Phi) is 3.26. The molecule has 2 aliphatic heterocycles. The van der Waals surface area contributed by atoms with E-state index in [1.54, 1.807) is 0 Å². The SMILES string of the molecule is CN1CCC[C@@H]1C(=O)N1CCC(O)CC1. The summed E-state index contributed by atoms with van der Waals surface area (Å²) in [6.07, 6.45) is 3.40. The highest BCUT2D eigenvalue weighted by atomic mass is 16.3. The molecule has 0 aliphatic carbocycles. The van der Waals surface area contributed by atoms with E-state index >= 15 is 0 Å². The van der Waals surface area contributed by atoms with E-state index in [2.05, 4.69) is 4.90 Å². The molecular weight excluding hydrogens is 192 g/mol. The molecule has 4 heteroatoms. The first-order valence-electron chi connectivity index (χ1n) is 5.85. The third kappa shape index (κ3) is 2.32. The van der Waals surface area contributed by atoms with Gasteiger partial charge in [-0.2, -0.15) is 0 Å². The van der Waals surface area contributed by atoms with Gasteiger partial charge in [0.2, 0.25) is 5.91 Å². The van der Waals surface area contributed by atoms with Gasteiger partial charge < -0.3 is 10.0 Å². The first-order valence-corrected chi connectivity index (χ1v) is 5.85. The molecule has 1 amide bonds. The van der Waals surface area contributed by atoms with Crippen molar-refractivity contribution in [2.75, 3.05) is 26.7 Å². The van der Waals surface area contributed by atoms with E-state index in [0.717, 1.165) is 45.3 Å². The molecule has 0 radical (unpaired) electrons. The fourth-order valence-electron chi connectivity index (χ4n) is 2.52. The molecule has 0 aromatic rings. The number of carbonyl (C=O) groups excluding carboxylic acids is 1. The molecule has 4 nitrogen and oxygen atoms in total. The van der Waals surface area contributed by atoms with E-state index in [9.17, 15) is 9.90 Å². The van der Waals surface area contributed by atoms with E-state index in [0.29, 0.717) is 0 Å². The average molecular weight is 212 g/mol. The van der Waals surface area contributed by atoms with Crippen molar-refractivity contribution in [3.8, 4) is 0 Å². The van der Waals surface area contributed by atoms with Gasteiger partial charge in [0.15, 0.2) is 0 Å². The van der Waals surface area contributed by atoms with E-state index in [1.807, 2.05) is 11.9 Å². The number of carbonyl (C=O) groups is 1. The van der Waals surface area contributed by atoms with Crippen molar-refractivity contribution in [2.24, 2.45) is 0 Å². The molecule has 0 aromatic carbocycles. The van der Waals surface area contributed by atoms with Gasteiger partial charge >= 0.3 is 0 Å². The van der Waals surface area contributed by atoms with Gasteiger partial charge in [-0.3, -0.25) is 9.69 Å². The number of rotatable bonds is 1. The van der Waals surface area contributed by atoms with Crippen LogP contribution in [0.3, 0.4) is 0 Å². The van der Waals surface area contributed by atoms with Crippen molar-refractivity contribution in [3.63, 3.8) is 0 Å². The first kappa shape index (κ1) is 10.9. The Labute approximate surface area is 90.9 Å². The Morgan fingerprint density at radius 3 is 2.40 bits per heavy atom. The van der Waals surface area contributed by atoms with Gasteiger partial charge in [-0.05, 0) is 39.3 Å². The molecule has 1 atom stereocenters. The summed E-state index contributed by atoms with van der Waals surface area (Å²) in [5.74, 6) is 0.266. The lowest BCUT2D eigenvalue weighted by Crippen LogP contribution is -2.48. The molecule has 0 spiro atoms. The maximum absolute atomic E-state index is 12.1. The topological polar surface area (TPSA) is 43.8 Å². The van der Waals surface area contributed by atoms with Crippen molar-refractivity contribution < 1.29 is 9.90 Å². The summed E-state index contributed by atoms with van der Waals surface area (Å²) in [7, 11) is 2.02. The maximum atomic E-state index is 12.1. The number of hydrogen-bond acceptors (Lipinski definition) is 3. The molecule has 15 heavy (non-hydrogen) atoms. The number of amides is 1. The number of hydrogen-bond donors (Lipinski definition) is 1. The van der Waals surface area contributed by atoms with E-state index in [1.165, 1.54) is 0 Å². The number of nitrogens with zero attached hydrogens (tertiary/aromatic N) is 2. The van der Waals surface area contributed by atoms with Gasteiger partial charge in [-0.1, -0.05) is 0 Å². The van der Waals surface area contributed by atoms with Gasteiger partial charge in [-0.15, -0.1) is 0 Å². The predicted molar refractivity (Wildman–Crippen MR) is 57.5 cm³/mol. The minimum Gasteiger partial charge on any atom is -0.393 e. The van der Waals surface area contributed by atoms with E-state index < -0.39 is 0 Å². The molecule has 2 saturated heterocycles. The van der Waals surface area contributed by atoms with Crippen molar-refractivity contribution >= 4 is 5.91 Å². The zero-order chi connectivity index (χ0) is 10.8. The summed E-state index contributed by atoms with van der Waals surface area (Å²) in [6.45, 7) is 2.49. The van der Waals surface area contributed by atoms with Crippen LogP contribution in [0.2, 0.25) is 0 Å². The summed E-state index contributed by atoms with van der Waals surface area (Å²) in [5.41, 5.74) is 0. The summed E-state index contributed by atoms with van der Waals surface area (Å²) >= 11 is 0. The fraction of sp³-hybridized carbons (Fsp3) is 0.909. The Hall–Kier alpha value is -0.610. The van der Waals surface area contributed by atoms with Crippen LogP contribution in [0.25, 0.3) is 0 Å². The van der Waals surface area contributed by atoms with Crippen molar-refractivity contribution in [1.82, 2.24) is 9.80 Å². The molecule has 0 unspecified atom stereocenters. The highest BCUT2D eigenvalue weighted by Crippen LogP contribution is 2.19. The summed E-state index contributed by atoms with van der Waals surface area (Å²) in [6, 6.07) is 0.0974. The second-order valence-electron chi connectivity index (χ2n) is 4.70. The Morgan fingerprint density at radius 1 is 1.20 bits per heavy atom. The van der Waals surface area contributed by atoms with Crippen molar-refractivity contribution in [2.45, 2.75) is 37.8 Å². The smallest absolute Gasteiger partial charge is 0.239 e. The predicted octanol–water partition coefficient (Wildman–Crippen LogP) is 0.0639. The van der Waals surface area contributed by atoms with Gasteiger partial charge in [0.25, 0.3) is 0 Å². The van der Waals surface area contributed by atoms with Crippen LogP contribution in [0.5, 0.6) is 0 Å². The molecule has 2 rings (SSSR count). The second-order valence-corrected chi connectivity index (χ2v) is 4.70. The lowest BCUT2D eigenvalue weighted by atomic mass is 10.1. The van der Waals surface area contributed by atoms with Crippen LogP contribution in [-0.4, -0.2) is 59.6 Å². The molecule has 2 aliphatic rings. The normalized spacial score (nSPS) is 29.7. The highest BCUT2D eigenvalue weighted by Gasteiger charge is 2.32. The van der Waals surface area contributed by atoms with Crippen molar-refractivity contribution in [1.29, 1.82) is 0 Å². The van der Waals surface area contributed by atoms with Crippen LogP contribution >= 0.6 is 0 Å². The zero-order valence-electron chi connectivity index (χ0n) is 9.35. The van der Waals surface area contributed by atoms with Gasteiger partial charge in [0.1, 0.15) is 0 Å². The minimum atomic E-state index is -0.199. The lowest BCUT2D eigenvalue weighted by molar-refractivity contribution is -0.137. The first-order chi connectivity index (χ1) is 7.18. The molecule has 2 fully saturated rings. The quantitative estimate of drug-likeness (QED) is 0.668. The van der Waals surface area contributed by atoms with Crippen molar-refractivity contribution in [3.05, 3.63) is 0 Å². The van der Waals surface area contributed by atoms with Crippen LogP contribution in [0.1, 0.15) is 25.7 Å². The lowest BCUT2D eigenvalue weighted by Gasteiger charge is -2.33. The summed E-state index contributed by atoms with van der Waals surface area (Å²) in [5, 5.41) is 9.38. The molecule has 86 valence electrons. The Balaban J connectivity index is 1.90. The van der Waals surface area contributed by atoms with Gasteiger partial charge in [0, 0.05) is 13.1 Å². The van der Waals surface area contributed by atoms with Crippen LogP contribution in [0.15, 0.2) is 0 Å². The Morgan fingerprint density at radius 2 is 1.87 bits per heavy atom. The molecule has 0 saturated carbocycles. The highest BCUT2D eigenvalue weighted by molar-refractivity contribution is 5.82. The van der Waals surface area contributed by atoms with Crippen LogP contribution in [0.4, 0.5) is 0 Å². The van der Waals surface area contributed by atoms with Crippen LogP contribution in [0, 0.1) is 0 Å². The minimum absolute atomic E-state index is 0.0974. The zero-order valence-corrected chi connectivity index (χ0v) is 9.35. The Bertz CT molecular complexity index is 237. The number of likely N-dealkylation sites (tertiary alicyclic amines) is 2. The number of likely N-dealkylation sites (N-methyl/N-ethyl adjacent to an activating group) is 1. The second kappa shape index (κ2) is 4.49. The van der Waals surface area contributed by atoms with Gasteiger partial charge in [-0.25, -0.2) is 0 Å². The number of aliphatic hydroxyl groups is 1. The third-order valence-electron chi connectivity index (χ3n) is 3.58. The molecule has 1 N–H and O–H groups in total. The third-order valence-corrected chi connectivity index (χ3v) is 3.58. The summed E-state index contributed by atoms with van der Waals surface area (Å²) in [4.78, 5) is 16.2. The van der Waals surface area contributed by atoms with Crippen LogP contribution in [-0.2, 0) is 4.79 Å². The molecular formula is C11H20N2O2. The average Bonchev–Trinajstić information content (AvgIpc) is 2.65. The molecule has 0 aromatic heterocycles. The molecule has 0 bridgehead atoms. The van der Waals surface area contributed by atoms with E-state index in [4.69, 9.17) is 0 Å². The molecule has 2 heterocycles. The summed E-state index contributed by atoms with van der Waals surface area (Å²) < 4.78 is 0. The fourth-order valence-corrected chi connectivity index (χ4v) is 2.52. The largest absolute Gasteiger partial charge is 0.393 e. The standard InChI is InChI=1S/C11H20N2O2/c1-12-6-2-3-10(12)11(15)13-7-4-9(14)5-8-13/h9-10,14H,2-8H2,1H3/t10-/m1/s1. The van der Waals surface area contributed by atoms with Gasteiger partial charge in [0.05, 0.1) is 12.1 Å². The monoisotopic (exact) mass is 212 g/mol.